The van der Waals surface area contributed by atoms with Crippen LogP contribution in [0.3, 0.4) is 0 Å². The van der Waals surface area contributed by atoms with Crippen molar-refractivity contribution in [2.75, 3.05) is 19.0 Å². The van der Waals surface area contributed by atoms with Gasteiger partial charge in [0.05, 0.1) is 34.9 Å². The Labute approximate surface area is 168 Å². The van der Waals surface area contributed by atoms with E-state index in [-0.39, 0.29) is 22.8 Å². The third kappa shape index (κ3) is 4.78. The van der Waals surface area contributed by atoms with Crippen molar-refractivity contribution in [1.82, 2.24) is 10.3 Å². The van der Waals surface area contributed by atoms with E-state index in [0.29, 0.717) is 23.3 Å². The lowest BCUT2D eigenvalue weighted by Gasteiger charge is -2.16. The van der Waals surface area contributed by atoms with Crippen LogP contribution in [0.1, 0.15) is 34.3 Å². The van der Waals surface area contributed by atoms with Crippen molar-refractivity contribution in [2.24, 2.45) is 5.73 Å². The summed E-state index contributed by atoms with van der Waals surface area (Å²) in [6, 6.07) is 11.7. The number of hydrogen-bond donors (Lipinski definition) is 3. The largest absolute Gasteiger partial charge is 0.404 e. The first-order chi connectivity index (χ1) is 14.0. The van der Waals surface area contributed by atoms with Crippen molar-refractivity contribution in [1.29, 1.82) is 5.26 Å². The third-order valence-corrected chi connectivity index (χ3v) is 4.66. The number of amides is 2. The van der Waals surface area contributed by atoms with Crippen LogP contribution in [0.5, 0.6) is 0 Å². The van der Waals surface area contributed by atoms with E-state index < -0.39 is 5.91 Å². The number of pyridine rings is 1. The van der Waals surface area contributed by atoms with Gasteiger partial charge in [0.25, 0.3) is 11.8 Å². The van der Waals surface area contributed by atoms with Crippen LogP contribution in [0.15, 0.2) is 48.8 Å². The number of anilines is 1. The maximum Gasteiger partial charge on any atom is 0.258 e. The quantitative estimate of drug-likeness (QED) is 0.617. The minimum atomic E-state index is -0.445. The molecule has 8 nitrogen and oxygen atoms in total. The van der Waals surface area contributed by atoms with Gasteiger partial charge in [-0.1, -0.05) is 12.1 Å². The van der Waals surface area contributed by atoms with E-state index in [0.717, 1.165) is 12.8 Å². The SMILES string of the molecule is COCC1(NC(=O)c2ccc(NC(=O)C(=CN)c3ccc(C#N)cc3)nc2)CC1. The molecule has 3 rings (SSSR count). The van der Waals surface area contributed by atoms with E-state index in [1.807, 2.05) is 6.07 Å². The number of carbonyl (C=O) groups excluding carboxylic acids is 2. The number of nitrogens with one attached hydrogen (secondary N) is 2. The second kappa shape index (κ2) is 8.54. The molecule has 0 aliphatic heterocycles. The predicted octanol–water partition coefficient (Wildman–Crippen LogP) is 1.80. The highest BCUT2D eigenvalue weighted by Gasteiger charge is 2.44. The Bertz CT molecular complexity index is 971. The molecule has 29 heavy (non-hydrogen) atoms. The Morgan fingerprint density at radius 2 is 1.93 bits per heavy atom. The summed E-state index contributed by atoms with van der Waals surface area (Å²) < 4.78 is 5.14. The van der Waals surface area contributed by atoms with Gasteiger partial charge in [-0.25, -0.2) is 4.98 Å². The molecule has 2 aromatic rings. The van der Waals surface area contributed by atoms with Gasteiger partial charge in [-0.3, -0.25) is 9.59 Å². The average molecular weight is 391 g/mol. The standard InChI is InChI=1S/C21H21N5O3/c1-29-13-21(8-9-21)26-19(27)16-6-7-18(24-12-16)25-20(28)17(11-23)15-4-2-14(10-22)3-5-15/h2-7,11-12H,8-9,13,23H2,1H3,(H,26,27)(H,24,25,28). The molecule has 0 spiro atoms. The Balaban J connectivity index is 1.64. The van der Waals surface area contributed by atoms with Crippen molar-refractivity contribution in [3.63, 3.8) is 0 Å². The number of nitrogens with zero attached hydrogens (tertiary/aromatic N) is 2. The summed E-state index contributed by atoms with van der Waals surface area (Å²) >= 11 is 0. The van der Waals surface area contributed by atoms with Gasteiger partial charge >= 0.3 is 0 Å². The van der Waals surface area contributed by atoms with Gasteiger partial charge < -0.3 is 21.1 Å². The molecule has 2 amide bonds. The molecule has 1 saturated carbocycles. The van der Waals surface area contributed by atoms with E-state index in [4.69, 9.17) is 15.7 Å². The lowest BCUT2D eigenvalue weighted by molar-refractivity contribution is -0.111. The highest BCUT2D eigenvalue weighted by Crippen LogP contribution is 2.35. The topological polar surface area (TPSA) is 130 Å². The Kier molecular flexibility index (Phi) is 5.90. The fourth-order valence-electron chi connectivity index (χ4n) is 2.86. The van der Waals surface area contributed by atoms with Crippen LogP contribution < -0.4 is 16.4 Å². The zero-order valence-electron chi connectivity index (χ0n) is 15.9. The maximum absolute atomic E-state index is 12.5. The molecule has 1 aliphatic rings. The number of benzene rings is 1. The Morgan fingerprint density at radius 3 is 2.45 bits per heavy atom. The molecule has 1 fully saturated rings. The summed E-state index contributed by atoms with van der Waals surface area (Å²) in [6.07, 6.45) is 4.38. The first-order valence-electron chi connectivity index (χ1n) is 9.01. The van der Waals surface area contributed by atoms with Crippen LogP contribution in [0.2, 0.25) is 0 Å². The monoisotopic (exact) mass is 391 g/mol. The van der Waals surface area contributed by atoms with Crippen LogP contribution in [0, 0.1) is 11.3 Å². The summed E-state index contributed by atoms with van der Waals surface area (Å²) in [5, 5.41) is 14.5. The molecule has 1 aliphatic carbocycles. The highest BCUT2D eigenvalue weighted by molar-refractivity contribution is 6.25. The normalized spacial score (nSPS) is 14.6. The molecule has 148 valence electrons. The third-order valence-electron chi connectivity index (χ3n) is 4.66. The zero-order valence-corrected chi connectivity index (χ0v) is 15.9. The number of hydrogen-bond acceptors (Lipinski definition) is 6. The lowest BCUT2D eigenvalue weighted by Crippen LogP contribution is -2.40. The first kappa shape index (κ1) is 20.0. The maximum atomic E-state index is 12.5. The lowest BCUT2D eigenvalue weighted by atomic mass is 10.0. The zero-order chi connectivity index (χ0) is 20.9. The van der Waals surface area contributed by atoms with Crippen LogP contribution >= 0.6 is 0 Å². The van der Waals surface area contributed by atoms with E-state index in [1.165, 1.54) is 12.4 Å². The molecule has 4 N–H and O–H groups in total. The summed E-state index contributed by atoms with van der Waals surface area (Å²) in [6.45, 7) is 0.476. The van der Waals surface area contributed by atoms with Gasteiger partial charge in [-0.2, -0.15) is 5.26 Å². The van der Waals surface area contributed by atoms with Gasteiger partial charge in [0.2, 0.25) is 0 Å². The molecule has 0 saturated heterocycles. The number of rotatable bonds is 7. The molecular formula is C21H21N5O3. The second-order valence-corrected chi connectivity index (χ2v) is 6.82. The molecule has 8 heteroatoms. The van der Waals surface area contributed by atoms with E-state index in [1.54, 1.807) is 43.5 Å². The van der Waals surface area contributed by atoms with E-state index >= 15 is 0 Å². The summed E-state index contributed by atoms with van der Waals surface area (Å²) in [5.74, 6) is -0.387. The number of carbonyl (C=O) groups is 2. The predicted molar refractivity (Wildman–Crippen MR) is 107 cm³/mol. The fourth-order valence-corrected chi connectivity index (χ4v) is 2.86. The van der Waals surface area contributed by atoms with Crippen molar-refractivity contribution < 1.29 is 14.3 Å². The molecule has 1 aromatic carbocycles. The Morgan fingerprint density at radius 1 is 1.24 bits per heavy atom. The minimum absolute atomic E-state index is 0.231. The molecular weight excluding hydrogens is 370 g/mol. The summed E-state index contributed by atoms with van der Waals surface area (Å²) in [4.78, 5) is 29.0. The molecule has 1 heterocycles. The van der Waals surface area contributed by atoms with E-state index in [9.17, 15) is 9.59 Å². The highest BCUT2D eigenvalue weighted by atomic mass is 16.5. The number of ether oxygens (including phenoxy) is 1. The second-order valence-electron chi connectivity index (χ2n) is 6.82. The number of nitrogens with two attached hydrogens (primary N) is 1. The summed E-state index contributed by atoms with van der Waals surface area (Å²) in [7, 11) is 1.60. The molecule has 0 atom stereocenters. The first-order valence-corrected chi connectivity index (χ1v) is 9.01. The van der Waals surface area contributed by atoms with Gasteiger partial charge in [0.1, 0.15) is 5.82 Å². The van der Waals surface area contributed by atoms with Gasteiger partial charge in [0.15, 0.2) is 0 Å². The molecule has 0 bridgehead atoms. The number of aromatic nitrogens is 1. The molecule has 0 unspecified atom stereocenters. The van der Waals surface area contributed by atoms with Gasteiger partial charge in [0, 0.05) is 19.5 Å². The Hall–Kier alpha value is -3.70. The van der Waals surface area contributed by atoms with Gasteiger partial charge in [-0.05, 0) is 42.7 Å². The summed E-state index contributed by atoms with van der Waals surface area (Å²) in [5.41, 5.74) is 7.04. The minimum Gasteiger partial charge on any atom is -0.404 e. The van der Waals surface area contributed by atoms with E-state index in [2.05, 4.69) is 15.6 Å². The smallest absolute Gasteiger partial charge is 0.258 e. The van der Waals surface area contributed by atoms with Gasteiger partial charge in [-0.15, -0.1) is 0 Å². The molecule has 1 aromatic heterocycles. The van der Waals surface area contributed by atoms with Crippen LogP contribution in [-0.2, 0) is 9.53 Å². The average Bonchev–Trinajstić information content (AvgIpc) is 3.48. The van der Waals surface area contributed by atoms with Crippen molar-refractivity contribution in [3.05, 3.63) is 65.5 Å². The fraction of sp³-hybridized carbons (Fsp3) is 0.238. The number of methoxy groups -OCH3 is 1. The van der Waals surface area contributed by atoms with Crippen molar-refractivity contribution in [3.8, 4) is 6.07 Å². The van der Waals surface area contributed by atoms with Crippen LogP contribution in [0.25, 0.3) is 5.57 Å². The van der Waals surface area contributed by atoms with Crippen LogP contribution in [-0.4, -0.2) is 36.1 Å². The number of nitriles is 1. The van der Waals surface area contributed by atoms with Crippen molar-refractivity contribution in [2.45, 2.75) is 18.4 Å². The molecule has 0 radical (unpaired) electrons. The van der Waals surface area contributed by atoms with Crippen molar-refractivity contribution >= 4 is 23.2 Å². The van der Waals surface area contributed by atoms with Crippen LogP contribution in [0.4, 0.5) is 5.82 Å².